The lowest BCUT2D eigenvalue weighted by Gasteiger charge is -2.06. The number of nitrogens with zero attached hydrogens (tertiary/aromatic N) is 1. The van der Waals surface area contributed by atoms with Gasteiger partial charge in [-0.25, -0.2) is 4.79 Å². The Bertz CT molecular complexity index is 446. The Morgan fingerprint density at radius 2 is 2.06 bits per heavy atom. The third-order valence-electron chi connectivity index (χ3n) is 1.86. The lowest BCUT2D eigenvalue weighted by Crippen LogP contribution is -2.06. The number of nitro groups is 1. The quantitative estimate of drug-likeness (QED) is 0.365. The number of rotatable bonds is 3. The summed E-state index contributed by atoms with van der Waals surface area (Å²) in [5.41, 5.74) is -0.0606. The molecule has 0 aromatic heterocycles. The fraction of sp³-hybridized carbons (Fsp3) is 0.222. The van der Waals surface area contributed by atoms with Gasteiger partial charge in [-0.15, -0.1) is 0 Å². The largest absolute Gasteiger partial charge is 0.496 e. The normalized spacial score (nSPS) is 9.69. The summed E-state index contributed by atoms with van der Waals surface area (Å²) in [6, 6.07) is 2.66. The van der Waals surface area contributed by atoms with Crippen molar-refractivity contribution in [3.8, 4) is 5.75 Å². The summed E-state index contributed by atoms with van der Waals surface area (Å²) < 4.78 is 9.64. The van der Waals surface area contributed by atoms with Crippen molar-refractivity contribution in [3.63, 3.8) is 0 Å². The van der Waals surface area contributed by atoms with Gasteiger partial charge in [0.2, 0.25) is 0 Å². The van der Waals surface area contributed by atoms with Crippen molar-refractivity contribution < 1.29 is 19.2 Å². The molecule has 0 fully saturated rings. The number of hydrogen-bond acceptors (Lipinski definition) is 5. The molecule has 0 unspecified atom stereocenters. The zero-order chi connectivity index (χ0) is 12.3. The molecule has 0 saturated heterocycles. The lowest BCUT2D eigenvalue weighted by molar-refractivity contribution is -0.385. The molecule has 0 spiro atoms. The van der Waals surface area contributed by atoms with Crippen LogP contribution in [0.2, 0.25) is 0 Å². The molecule has 0 aliphatic heterocycles. The van der Waals surface area contributed by atoms with E-state index in [4.69, 9.17) is 4.74 Å². The molecule has 7 heteroatoms. The lowest BCUT2D eigenvalue weighted by atomic mass is 10.2. The van der Waals surface area contributed by atoms with Crippen molar-refractivity contribution in [2.75, 3.05) is 14.2 Å². The average Bonchev–Trinajstić information content (AvgIpc) is 2.28. The second-order valence-corrected chi connectivity index (χ2v) is 3.84. The fourth-order valence-corrected chi connectivity index (χ4v) is 1.82. The molecular formula is C9H8INO5. The van der Waals surface area contributed by atoms with E-state index in [0.29, 0.717) is 0 Å². The first kappa shape index (κ1) is 12.7. The van der Waals surface area contributed by atoms with Crippen LogP contribution in [0.3, 0.4) is 0 Å². The van der Waals surface area contributed by atoms with Gasteiger partial charge in [0.1, 0.15) is 9.32 Å². The van der Waals surface area contributed by atoms with Gasteiger partial charge in [0.15, 0.2) is 0 Å². The molecule has 0 N–H and O–H groups in total. The molecule has 0 heterocycles. The van der Waals surface area contributed by atoms with Crippen molar-refractivity contribution in [3.05, 3.63) is 31.4 Å². The highest BCUT2D eigenvalue weighted by Crippen LogP contribution is 2.30. The maximum absolute atomic E-state index is 11.4. The molecule has 0 saturated carbocycles. The van der Waals surface area contributed by atoms with Gasteiger partial charge < -0.3 is 9.47 Å². The van der Waals surface area contributed by atoms with Gasteiger partial charge in [-0.2, -0.15) is 0 Å². The van der Waals surface area contributed by atoms with E-state index in [1.165, 1.54) is 26.4 Å². The summed E-state index contributed by atoms with van der Waals surface area (Å²) in [6.45, 7) is 0. The van der Waals surface area contributed by atoms with Crippen molar-refractivity contribution in [2.24, 2.45) is 0 Å². The van der Waals surface area contributed by atoms with Crippen LogP contribution >= 0.6 is 22.6 Å². The predicted octanol–water partition coefficient (Wildman–Crippen LogP) is 1.99. The molecule has 1 rings (SSSR count). The van der Waals surface area contributed by atoms with E-state index in [-0.39, 0.29) is 20.6 Å². The minimum Gasteiger partial charge on any atom is -0.496 e. The number of methoxy groups -OCH3 is 2. The molecule has 16 heavy (non-hydrogen) atoms. The summed E-state index contributed by atoms with van der Waals surface area (Å²) in [6.07, 6.45) is 0. The van der Waals surface area contributed by atoms with Crippen LogP contribution in [0.1, 0.15) is 10.4 Å². The number of ether oxygens (including phenoxy) is 2. The van der Waals surface area contributed by atoms with E-state index in [1.807, 2.05) is 0 Å². The van der Waals surface area contributed by atoms with E-state index in [0.717, 1.165) is 0 Å². The first-order valence-corrected chi connectivity index (χ1v) is 5.19. The van der Waals surface area contributed by atoms with Crippen LogP contribution in [0, 0.1) is 13.7 Å². The van der Waals surface area contributed by atoms with Gasteiger partial charge >= 0.3 is 5.97 Å². The van der Waals surface area contributed by atoms with Crippen molar-refractivity contribution in [1.82, 2.24) is 0 Å². The standard InChI is InChI=1S/C9H8INO5/c1-15-5-3-6(9(12)16-2)8(10)7(4-5)11(13)14/h3-4H,1-2H3. The van der Waals surface area contributed by atoms with E-state index < -0.39 is 10.9 Å². The molecule has 1 aromatic carbocycles. The molecule has 0 aliphatic rings. The Kier molecular flexibility index (Phi) is 4.05. The minimum atomic E-state index is -0.633. The van der Waals surface area contributed by atoms with Gasteiger partial charge in [-0.05, 0) is 28.7 Å². The minimum absolute atomic E-state index is 0.120. The van der Waals surface area contributed by atoms with E-state index in [2.05, 4.69) is 4.74 Å². The highest BCUT2D eigenvalue weighted by Gasteiger charge is 2.22. The highest BCUT2D eigenvalue weighted by atomic mass is 127. The Balaban J connectivity index is 3.43. The molecule has 1 aromatic rings. The second-order valence-electron chi connectivity index (χ2n) is 2.76. The molecule has 0 amide bonds. The van der Waals surface area contributed by atoms with Crippen LogP contribution in [-0.2, 0) is 4.74 Å². The van der Waals surface area contributed by atoms with Crippen LogP contribution < -0.4 is 4.74 Å². The Hall–Kier alpha value is -1.38. The Morgan fingerprint density at radius 3 is 2.50 bits per heavy atom. The number of esters is 1. The zero-order valence-corrected chi connectivity index (χ0v) is 10.7. The van der Waals surface area contributed by atoms with Crippen LogP contribution in [0.15, 0.2) is 12.1 Å². The van der Waals surface area contributed by atoms with Gasteiger partial charge in [0, 0.05) is 0 Å². The summed E-state index contributed by atoms with van der Waals surface area (Å²) in [5.74, 6) is -0.390. The van der Waals surface area contributed by atoms with Crippen molar-refractivity contribution in [1.29, 1.82) is 0 Å². The number of carbonyl (C=O) groups excluding carboxylic acids is 1. The average molecular weight is 337 g/mol. The SMILES string of the molecule is COC(=O)c1cc(OC)cc([N+](=O)[O-])c1I. The third kappa shape index (κ3) is 2.40. The van der Waals surface area contributed by atoms with Gasteiger partial charge in [-0.3, -0.25) is 10.1 Å². The molecule has 0 radical (unpaired) electrons. The number of carbonyl (C=O) groups is 1. The monoisotopic (exact) mass is 337 g/mol. The summed E-state index contributed by atoms with van der Waals surface area (Å²) in [7, 11) is 2.58. The number of hydrogen-bond donors (Lipinski definition) is 0. The first-order chi connectivity index (χ1) is 7.51. The molecule has 6 nitrogen and oxygen atoms in total. The number of benzene rings is 1. The topological polar surface area (TPSA) is 78.7 Å². The maximum atomic E-state index is 11.4. The molecule has 0 aliphatic carbocycles. The smallest absolute Gasteiger partial charge is 0.339 e. The highest BCUT2D eigenvalue weighted by molar-refractivity contribution is 14.1. The Labute approximate surface area is 105 Å². The Morgan fingerprint density at radius 1 is 1.44 bits per heavy atom. The van der Waals surface area contributed by atoms with Crippen LogP contribution in [0.4, 0.5) is 5.69 Å². The number of nitro benzene ring substituents is 1. The van der Waals surface area contributed by atoms with E-state index in [9.17, 15) is 14.9 Å². The molecule has 0 atom stereocenters. The van der Waals surface area contributed by atoms with Gasteiger partial charge in [-0.1, -0.05) is 0 Å². The van der Waals surface area contributed by atoms with Gasteiger partial charge in [0.25, 0.3) is 5.69 Å². The summed E-state index contributed by atoms with van der Waals surface area (Å²) in [5, 5.41) is 10.7. The maximum Gasteiger partial charge on any atom is 0.339 e. The first-order valence-electron chi connectivity index (χ1n) is 4.11. The van der Waals surface area contributed by atoms with Crippen LogP contribution in [-0.4, -0.2) is 25.1 Å². The fourth-order valence-electron chi connectivity index (χ4n) is 1.09. The van der Waals surface area contributed by atoms with Crippen molar-refractivity contribution in [2.45, 2.75) is 0 Å². The second kappa shape index (κ2) is 5.10. The van der Waals surface area contributed by atoms with E-state index in [1.54, 1.807) is 22.6 Å². The van der Waals surface area contributed by atoms with E-state index >= 15 is 0 Å². The summed E-state index contributed by atoms with van der Waals surface area (Å²) in [4.78, 5) is 21.5. The van der Waals surface area contributed by atoms with Gasteiger partial charge in [0.05, 0.1) is 30.8 Å². The predicted molar refractivity (Wildman–Crippen MR) is 63.7 cm³/mol. The molecule has 0 bridgehead atoms. The third-order valence-corrected chi connectivity index (χ3v) is 3.00. The molecular weight excluding hydrogens is 329 g/mol. The summed E-state index contributed by atoms with van der Waals surface area (Å²) >= 11 is 1.73. The van der Waals surface area contributed by atoms with Crippen LogP contribution in [0.5, 0.6) is 5.75 Å². The number of halogens is 1. The van der Waals surface area contributed by atoms with Crippen LogP contribution in [0.25, 0.3) is 0 Å². The molecule has 86 valence electrons. The van der Waals surface area contributed by atoms with Crippen molar-refractivity contribution >= 4 is 34.2 Å². The zero-order valence-electron chi connectivity index (χ0n) is 8.52.